The van der Waals surface area contributed by atoms with E-state index < -0.39 is 5.82 Å². The number of halogens is 1. The van der Waals surface area contributed by atoms with Gasteiger partial charge in [0.1, 0.15) is 11.6 Å². The number of aliphatic hydroxyl groups is 1. The summed E-state index contributed by atoms with van der Waals surface area (Å²) in [5, 5.41) is 15.8. The van der Waals surface area contributed by atoms with Gasteiger partial charge in [0, 0.05) is 25.7 Å². The third kappa shape index (κ3) is 5.08. The summed E-state index contributed by atoms with van der Waals surface area (Å²) in [7, 11) is 1.72. The minimum Gasteiger partial charge on any atom is -0.468 e. The maximum absolute atomic E-state index is 13.5. The van der Waals surface area contributed by atoms with Crippen LogP contribution >= 0.6 is 0 Å². The van der Waals surface area contributed by atoms with Crippen LogP contribution in [-0.2, 0) is 13.2 Å². The Morgan fingerprint density at radius 1 is 1.30 bits per heavy atom. The molecule has 6 nitrogen and oxygen atoms in total. The summed E-state index contributed by atoms with van der Waals surface area (Å²) in [5.41, 5.74) is 1.18. The van der Waals surface area contributed by atoms with Crippen LogP contribution in [0.3, 0.4) is 0 Å². The molecule has 0 radical (unpaired) electrons. The van der Waals surface area contributed by atoms with Crippen molar-refractivity contribution >= 4 is 5.96 Å². The molecule has 1 aliphatic rings. The highest BCUT2D eigenvalue weighted by atomic mass is 19.1. The highest BCUT2D eigenvalue weighted by Crippen LogP contribution is 2.24. The Morgan fingerprint density at radius 3 is 2.78 bits per heavy atom. The maximum Gasteiger partial charge on any atom is 0.191 e. The van der Waals surface area contributed by atoms with Crippen molar-refractivity contribution in [1.29, 1.82) is 0 Å². The molecule has 27 heavy (non-hydrogen) atoms. The van der Waals surface area contributed by atoms with Crippen LogP contribution in [0.15, 0.2) is 46.0 Å². The van der Waals surface area contributed by atoms with Crippen LogP contribution in [0.4, 0.5) is 4.39 Å². The lowest BCUT2D eigenvalue weighted by atomic mass is 10.1. The van der Waals surface area contributed by atoms with Gasteiger partial charge in [0.2, 0.25) is 0 Å². The van der Waals surface area contributed by atoms with Crippen molar-refractivity contribution in [2.24, 2.45) is 4.99 Å². The third-order valence-corrected chi connectivity index (χ3v) is 4.88. The topological polar surface area (TPSA) is 73.0 Å². The highest BCUT2D eigenvalue weighted by Gasteiger charge is 2.25. The Balaban J connectivity index is 1.57. The van der Waals surface area contributed by atoms with E-state index in [4.69, 9.17) is 4.42 Å². The summed E-state index contributed by atoms with van der Waals surface area (Å²) < 4.78 is 19.1. The predicted molar refractivity (Wildman–Crippen MR) is 103 cm³/mol. The lowest BCUT2D eigenvalue weighted by Gasteiger charge is -2.26. The first-order chi connectivity index (χ1) is 13.2. The zero-order valence-corrected chi connectivity index (χ0v) is 15.6. The van der Waals surface area contributed by atoms with Crippen molar-refractivity contribution in [3.63, 3.8) is 0 Å². The van der Waals surface area contributed by atoms with Gasteiger partial charge >= 0.3 is 0 Å². The molecule has 0 spiro atoms. The Bertz CT molecular complexity index is 742. The first-order valence-electron chi connectivity index (χ1n) is 9.31. The van der Waals surface area contributed by atoms with Crippen LogP contribution in [0.5, 0.6) is 0 Å². The number of likely N-dealkylation sites (tertiary alicyclic amines) is 1. The number of furan rings is 1. The fourth-order valence-corrected chi connectivity index (χ4v) is 3.40. The summed E-state index contributed by atoms with van der Waals surface area (Å²) in [6.45, 7) is 2.99. The first kappa shape index (κ1) is 19.4. The predicted octanol–water partition coefficient (Wildman–Crippen LogP) is 2.41. The number of guanidine groups is 1. The van der Waals surface area contributed by atoms with Gasteiger partial charge in [0.25, 0.3) is 0 Å². The molecule has 1 aliphatic heterocycles. The number of nitrogens with zero attached hydrogens (tertiary/aromatic N) is 2. The molecule has 1 atom stereocenters. The minimum atomic E-state index is -0.393. The van der Waals surface area contributed by atoms with Crippen molar-refractivity contribution in [1.82, 2.24) is 15.5 Å². The van der Waals surface area contributed by atoms with E-state index in [2.05, 4.69) is 20.5 Å². The number of rotatable bonds is 7. The summed E-state index contributed by atoms with van der Waals surface area (Å²) in [5.74, 6) is 1.22. The molecule has 1 saturated heterocycles. The van der Waals surface area contributed by atoms with Crippen molar-refractivity contribution in [2.75, 3.05) is 26.7 Å². The van der Waals surface area contributed by atoms with Crippen LogP contribution in [-0.4, -0.2) is 42.6 Å². The second-order valence-electron chi connectivity index (χ2n) is 6.66. The quantitative estimate of drug-likeness (QED) is 0.513. The lowest BCUT2D eigenvalue weighted by Crippen LogP contribution is -2.42. The Hall–Kier alpha value is -2.38. The summed E-state index contributed by atoms with van der Waals surface area (Å²) in [4.78, 5) is 6.69. The van der Waals surface area contributed by atoms with Crippen molar-refractivity contribution in [2.45, 2.75) is 32.0 Å². The van der Waals surface area contributed by atoms with E-state index in [1.807, 2.05) is 12.1 Å². The Morgan fingerprint density at radius 2 is 2.11 bits per heavy atom. The molecule has 3 rings (SSSR count). The fraction of sp³-hybridized carbons (Fsp3) is 0.450. The molecule has 1 aromatic carbocycles. The molecule has 1 unspecified atom stereocenters. The first-order valence-corrected chi connectivity index (χ1v) is 9.31. The highest BCUT2D eigenvalue weighted by molar-refractivity contribution is 5.79. The normalized spacial score (nSPS) is 16.5. The summed E-state index contributed by atoms with van der Waals surface area (Å²) in [6, 6.07) is 8.82. The number of nitrogens with one attached hydrogen (secondary N) is 2. The van der Waals surface area contributed by atoms with Crippen LogP contribution < -0.4 is 10.6 Å². The van der Waals surface area contributed by atoms with Gasteiger partial charge in [-0.25, -0.2) is 4.39 Å². The van der Waals surface area contributed by atoms with Crippen molar-refractivity contribution < 1.29 is 13.9 Å². The number of hydrogen-bond acceptors (Lipinski definition) is 4. The molecular formula is C20H27FN4O2. The van der Waals surface area contributed by atoms with Crippen LogP contribution in [0.1, 0.15) is 35.8 Å². The van der Waals surface area contributed by atoms with Crippen molar-refractivity contribution in [3.8, 4) is 0 Å². The van der Waals surface area contributed by atoms with Gasteiger partial charge in [-0.05, 0) is 55.8 Å². The molecule has 1 aromatic heterocycles. The van der Waals surface area contributed by atoms with E-state index in [1.165, 1.54) is 18.9 Å². The van der Waals surface area contributed by atoms with Gasteiger partial charge < -0.3 is 20.2 Å². The van der Waals surface area contributed by atoms with Crippen LogP contribution in [0.2, 0.25) is 0 Å². The van der Waals surface area contributed by atoms with E-state index >= 15 is 0 Å². The second-order valence-corrected chi connectivity index (χ2v) is 6.66. The van der Waals surface area contributed by atoms with Crippen LogP contribution in [0.25, 0.3) is 0 Å². The van der Waals surface area contributed by atoms with E-state index in [0.29, 0.717) is 24.6 Å². The lowest BCUT2D eigenvalue weighted by molar-refractivity contribution is 0.215. The summed E-state index contributed by atoms with van der Waals surface area (Å²) in [6.07, 6.45) is 4.13. The average Bonchev–Trinajstić information content (AvgIpc) is 3.40. The molecule has 0 saturated carbocycles. The van der Waals surface area contributed by atoms with Gasteiger partial charge in [-0.1, -0.05) is 6.07 Å². The fourth-order valence-electron chi connectivity index (χ4n) is 3.40. The molecule has 0 bridgehead atoms. The standard InChI is InChI=1S/C20H27FN4O2/c1-22-20(23-12-15-6-7-17(21)16(11-15)14-26)24-13-18(19-5-4-10-27-19)25-8-2-3-9-25/h4-7,10-11,18,26H,2-3,8-9,12-14H2,1H3,(H2,22,23,24). The molecule has 0 amide bonds. The number of benzene rings is 1. The molecule has 3 N–H and O–H groups in total. The molecule has 1 fully saturated rings. The van der Waals surface area contributed by atoms with Gasteiger partial charge in [-0.15, -0.1) is 0 Å². The number of hydrogen-bond donors (Lipinski definition) is 3. The maximum atomic E-state index is 13.5. The molecular weight excluding hydrogens is 347 g/mol. The zero-order chi connectivity index (χ0) is 19.1. The molecule has 0 aliphatic carbocycles. The largest absolute Gasteiger partial charge is 0.468 e. The van der Waals surface area contributed by atoms with Crippen LogP contribution in [0, 0.1) is 5.82 Å². The Kier molecular flexibility index (Phi) is 6.84. The van der Waals surface area contributed by atoms with Gasteiger partial charge in [-0.2, -0.15) is 0 Å². The van der Waals surface area contributed by atoms with E-state index in [1.54, 1.807) is 25.4 Å². The van der Waals surface area contributed by atoms with Crippen molar-refractivity contribution in [3.05, 3.63) is 59.3 Å². The SMILES string of the molecule is CN=C(NCc1ccc(F)c(CO)c1)NCC(c1ccco1)N1CCCC1. The molecule has 2 aromatic rings. The number of aliphatic hydroxyl groups excluding tert-OH is 1. The molecule has 146 valence electrons. The minimum absolute atomic E-state index is 0.160. The van der Waals surface area contributed by atoms with E-state index in [9.17, 15) is 9.50 Å². The molecule has 7 heteroatoms. The van der Waals surface area contributed by atoms with Gasteiger partial charge in [0.05, 0.1) is 18.9 Å². The summed E-state index contributed by atoms with van der Waals surface area (Å²) >= 11 is 0. The number of aliphatic imine (C=N–C) groups is 1. The van der Waals surface area contributed by atoms with Gasteiger partial charge in [-0.3, -0.25) is 9.89 Å². The smallest absolute Gasteiger partial charge is 0.191 e. The third-order valence-electron chi connectivity index (χ3n) is 4.88. The monoisotopic (exact) mass is 374 g/mol. The zero-order valence-electron chi connectivity index (χ0n) is 15.6. The van der Waals surface area contributed by atoms with E-state index in [-0.39, 0.29) is 12.6 Å². The Labute approximate surface area is 159 Å². The molecule has 2 heterocycles. The second kappa shape index (κ2) is 9.53. The van der Waals surface area contributed by atoms with E-state index in [0.717, 1.165) is 24.4 Å². The average molecular weight is 374 g/mol. The van der Waals surface area contributed by atoms with Gasteiger partial charge in [0.15, 0.2) is 5.96 Å².